The summed E-state index contributed by atoms with van der Waals surface area (Å²) in [4.78, 5) is 28.2. The fourth-order valence-electron chi connectivity index (χ4n) is 1.12. The molecule has 0 saturated carbocycles. The summed E-state index contributed by atoms with van der Waals surface area (Å²) in [6, 6.07) is -0.201. The summed E-state index contributed by atoms with van der Waals surface area (Å²) in [5.41, 5.74) is 5.95. The van der Waals surface area contributed by atoms with Crippen LogP contribution in [0.25, 0.3) is 0 Å². The second-order valence-electron chi connectivity index (χ2n) is 3.60. The molecule has 1 aromatic heterocycles. The number of aromatic nitrogens is 1. The maximum Gasteiger partial charge on any atom is 0.325 e. The Hall–Kier alpha value is -1.47. The minimum Gasteiger partial charge on any atom is -0.468 e. The molecule has 0 saturated heterocycles. The van der Waals surface area contributed by atoms with E-state index in [0.29, 0.717) is 10.7 Å². The number of methoxy groups -OCH3 is 1. The number of esters is 1. The van der Waals surface area contributed by atoms with Gasteiger partial charge in [0.2, 0.25) is 0 Å². The van der Waals surface area contributed by atoms with Crippen molar-refractivity contribution in [2.75, 3.05) is 20.7 Å². The van der Waals surface area contributed by atoms with Crippen LogP contribution in [-0.2, 0) is 9.53 Å². The van der Waals surface area contributed by atoms with Crippen LogP contribution in [0.5, 0.6) is 0 Å². The highest BCUT2D eigenvalue weighted by Crippen LogP contribution is 2.16. The molecule has 1 unspecified atom stereocenters. The first-order valence-electron chi connectivity index (χ1n) is 4.99. The number of ether oxygens (including phenoxy) is 1. The summed E-state index contributed by atoms with van der Waals surface area (Å²) in [5.74, 6) is -0.790. The Morgan fingerprint density at radius 2 is 2.29 bits per heavy atom. The summed E-state index contributed by atoms with van der Waals surface area (Å²) in [6.07, 6.45) is 0. The summed E-state index contributed by atoms with van der Waals surface area (Å²) in [6.45, 7) is 1.70. The summed E-state index contributed by atoms with van der Waals surface area (Å²) in [7, 11) is 2.79. The molecule has 1 heterocycles. The van der Waals surface area contributed by atoms with Crippen molar-refractivity contribution in [1.29, 1.82) is 0 Å². The van der Waals surface area contributed by atoms with Gasteiger partial charge in [-0.1, -0.05) is 0 Å². The Bertz CT molecular complexity index is 417. The van der Waals surface area contributed by atoms with Crippen LogP contribution in [0.2, 0.25) is 0 Å². The van der Waals surface area contributed by atoms with E-state index in [1.54, 1.807) is 12.3 Å². The predicted octanol–water partition coefficient (Wildman–Crippen LogP) is 0.408. The summed E-state index contributed by atoms with van der Waals surface area (Å²) < 4.78 is 4.48. The van der Waals surface area contributed by atoms with Crippen LogP contribution in [0.4, 0.5) is 0 Å². The Morgan fingerprint density at radius 1 is 1.65 bits per heavy atom. The fourth-order valence-corrected chi connectivity index (χ4v) is 1.87. The van der Waals surface area contributed by atoms with Gasteiger partial charge in [-0.05, 0) is 6.92 Å². The van der Waals surface area contributed by atoms with Crippen LogP contribution in [0.15, 0.2) is 5.38 Å². The van der Waals surface area contributed by atoms with Gasteiger partial charge in [0.25, 0.3) is 5.91 Å². The van der Waals surface area contributed by atoms with E-state index in [4.69, 9.17) is 5.73 Å². The third kappa shape index (κ3) is 3.50. The lowest BCUT2D eigenvalue weighted by atomic mass is 10.3. The number of carbonyl (C=O) groups is 2. The van der Waals surface area contributed by atoms with Crippen molar-refractivity contribution in [3.63, 3.8) is 0 Å². The van der Waals surface area contributed by atoms with Gasteiger partial charge in [-0.25, -0.2) is 4.98 Å². The molecule has 0 spiro atoms. The molecule has 94 valence electrons. The van der Waals surface area contributed by atoms with Crippen molar-refractivity contribution < 1.29 is 14.3 Å². The van der Waals surface area contributed by atoms with Gasteiger partial charge < -0.3 is 15.4 Å². The standard InChI is InChI=1S/C10H15N3O3S/c1-6(11)9-12-7(5-17-9)10(15)13(2)4-8(14)16-3/h5-6H,4,11H2,1-3H3. The molecule has 2 N–H and O–H groups in total. The zero-order chi connectivity index (χ0) is 13.0. The minimum absolute atomic E-state index is 0.0969. The number of carbonyl (C=O) groups excluding carboxylic acids is 2. The van der Waals surface area contributed by atoms with Crippen LogP contribution < -0.4 is 5.73 Å². The zero-order valence-electron chi connectivity index (χ0n) is 9.97. The molecule has 0 aliphatic heterocycles. The molecule has 0 radical (unpaired) electrons. The molecule has 7 heteroatoms. The molecule has 0 aliphatic carbocycles. The lowest BCUT2D eigenvalue weighted by Gasteiger charge is -2.13. The molecule has 17 heavy (non-hydrogen) atoms. The van der Waals surface area contributed by atoms with Gasteiger partial charge in [-0.15, -0.1) is 11.3 Å². The van der Waals surface area contributed by atoms with E-state index in [-0.39, 0.29) is 18.5 Å². The molecule has 0 fully saturated rings. The second kappa shape index (κ2) is 5.74. The van der Waals surface area contributed by atoms with Gasteiger partial charge in [0.1, 0.15) is 17.2 Å². The van der Waals surface area contributed by atoms with Crippen LogP contribution in [0, 0.1) is 0 Å². The highest BCUT2D eigenvalue weighted by Gasteiger charge is 2.18. The van der Waals surface area contributed by atoms with Crippen molar-refractivity contribution in [1.82, 2.24) is 9.88 Å². The first-order chi connectivity index (χ1) is 7.95. The van der Waals surface area contributed by atoms with Gasteiger partial charge >= 0.3 is 5.97 Å². The van der Waals surface area contributed by atoms with E-state index < -0.39 is 5.97 Å². The van der Waals surface area contributed by atoms with E-state index in [1.807, 2.05) is 0 Å². The monoisotopic (exact) mass is 257 g/mol. The van der Waals surface area contributed by atoms with Gasteiger partial charge in [0.05, 0.1) is 13.2 Å². The maximum absolute atomic E-state index is 11.9. The van der Waals surface area contributed by atoms with Crippen molar-refractivity contribution >= 4 is 23.2 Å². The van der Waals surface area contributed by atoms with Crippen molar-refractivity contribution in [2.45, 2.75) is 13.0 Å². The van der Waals surface area contributed by atoms with Crippen molar-refractivity contribution in [3.05, 3.63) is 16.1 Å². The number of nitrogens with two attached hydrogens (primary N) is 1. The molecule has 1 aromatic rings. The summed E-state index contributed by atoms with van der Waals surface area (Å²) >= 11 is 1.33. The number of hydrogen-bond acceptors (Lipinski definition) is 6. The van der Waals surface area contributed by atoms with E-state index >= 15 is 0 Å². The third-order valence-corrected chi connectivity index (χ3v) is 3.12. The van der Waals surface area contributed by atoms with Crippen LogP contribution in [-0.4, -0.2) is 42.5 Å². The van der Waals surface area contributed by atoms with Crippen LogP contribution >= 0.6 is 11.3 Å². The van der Waals surface area contributed by atoms with Gasteiger partial charge in [-0.3, -0.25) is 9.59 Å². The highest BCUT2D eigenvalue weighted by molar-refractivity contribution is 7.09. The first kappa shape index (κ1) is 13.6. The van der Waals surface area contributed by atoms with Crippen molar-refractivity contribution in [2.24, 2.45) is 5.73 Å². The lowest BCUT2D eigenvalue weighted by Crippen LogP contribution is -2.32. The average Bonchev–Trinajstić information content (AvgIpc) is 2.77. The summed E-state index contributed by atoms with van der Waals surface area (Å²) in [5, 5.41) is 2.33. The minimum atomic E-state index is -0.469. The largest absolute Gasteiger partial charge is 0.468 e. The highest BCUT2D eigenvalue weighted by atomic mass is 32.1. The maximum atomic E-state index is 11.9. The normalized spacial score (nSPS) is 12.0. The fraction of sp³-hybridized carbons (Fsp3) is 0.500. The number of likely N-dealkylation sites (N-methyl/N-ethyl adjacent to an activating group) is 1. The quantitative estimate of drug-likeness (QED) is 0.789. The molecule has 0 aromatic carbocycles. The lowest BCUT2D eigenvalue weighted by molar-refractivity contribution is -0.141. The molecule has 1 atom stereocenters. The molecule has 1 rings (SSSR count). The second-order valence-corrected chi connectivity index (χ2v) is 4.49. The number of thiazole rings is 1. The number of nitrogens with zero attached hydrogens (tertiary/aromatic N) is 2. The van der Waals surface area contributed by atoms with Gasteiger partial charge in [0.15, 0.2) is 0 Å². The molecular formula is C10H15N3O3S. The third-order valence-electron chi connectivity index (χ3n) is 2.07. The predicted molar refractivity (Wildman–Crippen MR) is 63.7 cm³/mol. The molecule has 0 bridgehead atoms. The number of rotatable bonds is 4. The first-order valence-corrected chi connectivity index (χ1v) is 5.87. The Labute approximate surface area is 103 Å². The number of amides is 1. The Kier molecular flexibility index (Phi) is 4.59. The molecule has 1 amide bonds. The average molecular weight is 257 g/mol. The zero-order valence-corrected chi connectivity index (χ0v) is 10.8. The molecule has 6 nitrogen and oxygen atoms in total. The molecule has 0 aliphatic rings. The molecular weight excluding hydrogens is 242 g/mol. The Balaban J connectivity index is 2.71. The van der Waals surface area contributed by atoms with Gasteiger partial charge in [0, 0.05) is 12.4 Å². The number of hydrogen-bond donors (Lipinski definition) is 1. The SMILES string of the molecule is COC(=O)CN(C)C(=O)c1csc(C(C)N)n1. The van der Waals surface area contributed by atoms with Crippen molar-refractivity contribution in [3.8, 4) is 0 Å². The van der Waals surface area contributed by atoms with Crippen LogP contribution in [0.3, 0.4) is 0 Å². The van der Waals surface area contributed by atoms with E-state index in [2.05, 4.69) is 9.72 Å². The van der Waals surface area contributed by atoms with Crippen LogP contribution in [0.1, 0.15) is 28.5 Å². The topological polar surface area (TPSA) is 85.5 Å². The van der Waals surface area contributed by atoms with E-state index in [9.17, 15) is 9.59 Å². The Morgan fingerprint density at radius 3 is 2.76 bits per heavy atom. The smallest absolute Gasteiger partial charge is 0.325 e. The van der Waals surface area contributed by atoms with Gasteiger partial charge in [-0.2, -0.15) is 0 Å². The van der Waals surface area contributed by atoms with E-state index in [1.165, 1.54) is 30.4 Å². The van der Waals surface area contributed by atoms with E-state index in [0.717, 1.165) is 0 Å².